The number of benzene rings is 1. The number of hydroxylamine groups is 2. The van der Waals surface area contributed by atoms with Crippen molar-refractivity contribution in [3.63, 3.8) is 0 Å². The van der Waals surface area contributed by atoms with Gasteiger partial charge in [0.15, 0.2) is 0 Å². The van der Waals surface area contributed by atoms with Gasteiger partial charge < -0.3 is 4.52 Å². The first kappa shape index (κ1) is 17.7. The van der Waals surface area contributed by atoms with E-state index in [0.29, 0.717) is 18.1 Å². The number of hydrogen-bond donors (Lipinski definition) is 0. The third-order valence-electron chi connectivity index (χ3n) is 3.15. The molecule has 0 saturated carbocycles. The van der Waals surface area contributed by atoms with Crippen LogP contribution in [-0.4, -0.2) is 28.2 Å². The first-order chi connectivity index (χ1) is 11.2. The van der Waals surface area contributed by atoms with Gasteiger partial charge in [-0.3, -0.25) is 9.63 Å². The van der Waals surface area contributed by atoms with Crippen LogP contribution >= 0.6 is 0 Å². The highest BCUT2D eigenvalue weighted by Gasteiger charge is 2.32. The third-order valence-corrected chi connectivity index (χ3v) is 3.15. The van der Waals surface area contributed by atoms with E-state index in [1.807, 2.05) is 0 Å². The normalized spacial score (nSPS) is 11.4. The van der Waals surface area contributed by atoms with Crippen LogP contribution in [-0.2, 0) is 22.1 Å². The number of rotatable bonds is 6. The van der Waals surface area contributed by atoms with E-state index in [2.05, 4.69) is 21.2 Å². The van der Waals surface area contributed by atoms with Crippen LogP contribution in [0.1, 0.15) is 25.3 Å². The molecule has 1 amide bonds. The van der Waals surface area contributed by atoms with Crippen LogP contribution in [0.25, 0.3) is 11.4 Å². The SMILES string of the molecule is C=C(C)C(=O)N(Cc1ccc(-c2noc(C(C)(F)F)n2)cc1)OC. The minimum absolute atomic E-state index is 0.0692. The van der Waals surface area contributed by atoms with E-state index >= 15 is 0 Å². The lowest BCUT2D eigenvalue weighted by Gasteiger charge is -2.19. The lowest BCUT2D eigenvalue weighted by molar-refractivity contribution is -0.174. The van der Waals surface area contributed by atoms with E-state index in [4.69, 9.17) is 4.84 Å². The Morgan fingerprint density at radius 3 is 2.46 bits per heavy atom. The van der Waals surface area contributed by atoms with E-state index in [-0.39, 0.29) is 18.3 Å². The second-order valence-corrected chi connectivity index (χ2v) is 5.31. The van der Waals surface area contributed by atoms with Crippen molar-refractivity contribution in [2.45, 2.75) is 26.3 Å². The number of aromatic nitrogens is 2. The molecule has 8 heteroatoms. The van der Waals surface area contributed by atoms with Crippen molar-refractivity contribution in [3.8, 4) is 11.4 Å². The Morgan fingerprint density at radius 2 is 2.00 bits per heavy atom. The molecule has 1 aromatic carbocycles. The van der Waals surface area contributed by atoms with Gasteiger partial charge in [0.2, 0.25) is 5.82 Å². The van der Waals surface area contributed by atoms with Crippen molar-refractivity contribution in [1.82, 2.24) is 15.2 Å². The molecule has 0 fully saturated rings. The lowest BCUT2D eigenvalue weighted by atomic mass is 10.1. The summed E-state index contributed by atoms with van der Waals surface area (Å²) in [6.45, 7) is 6.08. The quantitative estimate of drug-likeness (QED) is 0.597. The molecule has 0 unspecified atom stereocenters. The lowest BCUT2D eigenvalue weighted by Crippen LogP contribution is -2.29. The van der Waals surface area contributed by atoms with Crippen molar-refractivity contribution in [1.29, 1.82) is 0 Å². The predicted octanol–water partition coefficient (Wildman–Crippen LogP) is 3.31. The van der Waals surface area contributed by atoms with Gasteiger partial charge in [0, 0.05) is 18.1 Å². The number of carbonyl (C=O) groups excluding carboxylic acids is 1. The Balaban J connectivity index is 2.14. The molecule has 0 saturated heterocycles. The number of alkyl halides is 2. The molecule has 24 heavy (non-hydrogen) atoms. The monoisotopic (exact) mass is 337 g/mol. The molecule has 0 atom stereocenters. The highest BCUT2D eigenvalue weighted by atomic mass is 19.3. The predicted molar refractivity (Wildman–Crippen MR) is 81.7 cm³/mol. The molecule has 0 spiro atoms. The summed E-state index contributed by atoms with van der Waals surface area (Å²) in [4.78, 5) is 20.6. The minimum atomic E-state index is -3.19. The Bertz CT molecular complexity index is 736. The first-order valence-corrected chi connectivity index (χ1v) is 7.05. The van der Waals surface area contributed by atoms with E-state index in [1.54, 1.807) is 31.2 Å². The maximum atomic E-state index is 13.1. The van der Waals surface area contributed by atoms with Crippen LogP contribution in [0.5, 0.6) is 0 Å². The highest BCUT2D eigenvalue weighted by Crippen LogP contribution is 2.27. The number of amides is 1. The second kappa shape index (κ2) is 6.88. The Labute approximate surface area is 137 Å². The average molecular weight is 337 g/mol. The standard InChI is InChI=1S/C16H17F2N3O3/c1-10(2)14(22)21(23-4)9-11-5-7-12(8-6-11)13-19-15(24-20-13)16(3,17)18/h5-8H,1,9H2,2-4H3. The van der Waals surface area contributed by atoms with Crippen LogP contribution in [0.4, 0.5) is 8.78 Å². The maximum absolute atomic E-state index is 13.1. The smallest absolute Gasteiger partial charge is 0.322 e. The van der Waals surface area contributed by atoms with Gasteiger partial charge >= 0.3 is 5.92 Å². The molecule has 0 aliphatic rings. The van der Waals surface area contributed by atoms with Gasteiger partial charge in [-0.2, -0.15) is 13.8 Å². The van der Waals surface area contributed by atoms with Crippen LogP contribution < -0.4 is 0 Å². The summed E-state index contributed by atoms with van der Waals surface area (Å²) in [5.74, 6) is -4.18. The molecule has 0 bridgehead atoms. The summed E-state index contributed by atoms with van der Waals surface area (Å²) >= 11 is 0. The summed E-state index contributed by atoms with van der Waals surface area (Å²) in [6, 6.07) is 6.73. The fourth-order valence-electron chi connectivity index (χ4n) is 1.88. The molecule has 2 rings (SSSR count). The highest BCUT2D eigenvalue weighted by molar-refractivity contribution is 5.91. The molecule has 1 heterocycles. The maximum Gasteiger partial charge on any atom is 0.322 e. The van der Waals surface area contributed by atoms with Crippen molar-refractivity contribution in [2.75, 3.05) is 7.11 Å². The van der Waals surface area contributed by atoms with Crippen LogP contribution in [0, 0.1) is 0 Å². The zero-order chi connectivity index (χ0) is 17.9. The Kier molecular flexibility index (Phi) is 5.08. The van der Waals surface area contributed by atoms with E-state index < -0.39 is 11.8 Å². The number of hydrogen-bond acceptors (Lipinski definition) is 5. The fourth-order valence-corrected chi connectivity index (χ4v) is 1.88. The number of halogens is 2. The van der Waals surface area contributed by atoms with Crippen LogP contribution in [0.15, 0.2) is 40.9 Å². The summed E-state index contributed by atoms with van der Waals surface area (Å²) in [5.41, 5.74) is 1.65. The second-order valence-electron chi connectivity index (χ2n) is 5.31. The van der Waals surface area contributed by atoms with Crippen molar-refractivity contribution in [2.24, 2.45) is 0 Å². The van der Waals surface area contributed by atoms with Gasteiger partial charge in [0.05, 0.1) is 13.7 Å². The van der Waals surface area contributed by atoms with Gasteiger partial charge in [-0.1, -0.05) is 36.0 Å². The van der Waals surface area contributed by atoms with E-state index in [0.717, 1.165) is 5.56 Å². The molecule has 0 N–H and O–H groups in total. The molecule has 6 nitrogen and oxygen atoms in total. The van der Waals surface area contributed by atoms with Crippen LogP contribution in [0.3, 0.4) is 0 Å². The first-order valence-electron chi connectivity index (χ1n) is 7.05. The molecule has 1 aromatic heterocycles. The molecule has 0 radical (unpaired) electrons. The van der Waals surface area contributed by atoms with Crippen LogP contribution in [0.2, 0.25) is 0 Å². The largest absolute Gasteiger partial charge is 0.332 e. The summed E-state index contributed by atoms with van der Waals surface area (Å²) in [7, 11) is 1.39. The zero-order valence-corrected chi connectivity index (χ0v) is 13.5. The van der Waals surface area contributed by atoms with Gasteiger partial charge in [-0.25, -0.2) is 5.06 Å². The van der Waals surface area contributed by atoms with Crippen molar-refractivity contribution < 1.29 is 22.9 Å². The van der Waals surface area contributed by atoms with Gasteiger partial charge in [0.25, 0.3) is 11.8 Å². The molecular weight excluding hydrogens is 320 g/mol. The van der Waals surface area contributed by atoms with Crippen molar-refractivity contribution >= 4 is 5.91 Å². The summed E-state index contributed by atoms with van der Waals surface area (Å²) in [6.07, 6.45) is 0. The van der Waals surface area contributed by atoms with Gasteiger partial charge in [-0.05, 0) is 12.5 Å². The van der Waals surface area contributed by atoms with E-state index in [1.165, 1.54) is 12.2 Å². The molecule has 128 valence electrons. The Hall–Kier alpha value is -2.61. The molecule has 2 aromatic rings. The minimum Gasteiger partial charge on any atom is -0.332 e. The van der Waals surface area contributed by atoms with Gasteiger partial charge in [-0.15, -0.1) is 0 Å². The number of carbonyl (C=O) groups is 1. The fraction of sp³-hybridized carbons (Fsp3) is 0.312. The van der Waals surface area contributed by atoms with Gasteiger partial charge in [0.1, 0.15) is 0 Å². The Morgan fingerprint density at radius 1 is 1.38 bits per heavy atom. The number of nitrogens with zero attached hydrogens (tertiary/aromatic N) is 3. The average Bonchev–Trinajstić information content (AvgIpc) is 3.02. The molecular formula is C16H17F2N3O3. The summed E-state index contributed by atoms with van der Waals surface area (Å²) < 4.78 is 30.8. The third kappa shape index (κ3) is 4.02. The summed E-state index contributed by atoms with van der Waals surface area (Å²) in [5, 5.41) is 4.71. The van der Waals surface area contributed by atoms with E-state index in [9.17, 15) is 13.6 Å². The molecule has 0 aliphatic carbocycles. The topological polar surface area (TPSA) is 68.5 Å². The zero-order valence-electron chi connectivity index (χ0n) is 13.5. The molecule has 0 aliphatic heterocycles. The van der Waals surface area contributed by atoms with Crippen molar-refractivity contribution in [3.05, 3.63) is 47.9 Å².